The van der Waals surface area contributed by atoms with E-state index in [0.29, 0.717) is 19.0 Å². The van der Waals surface area contributed by atoms with Crippen LogP contribution in [-0.4, -0.2) is 22.6 Å². The molecule has 3 aliphatic rings. The summed E-state index contributed by atoms with van der Waals surface area (Å²) in [5.41, 5.74) is 4.47. The maximum atomic E-state index is 6.52. The van der Waals surface area contributed by atoms with Gasteiger partial charge >= 0.3 is 0 Å². The Morgan fingerprint density at radius 2 is 1.86 bits per heavy atom. The van der Waals surface area contributed by atoms with Crippen molar-refractivity contribution in [2.24, 2.45) is 16.1 Å². The quantitative estimate of drug-likeness (QED) is 0.550. The first-order chi connectivity index (χ1) is 17.2. The molecule has 1 fully saturated rings. The van der Waals surface area contributed by atoms with Gasteiger partial charge in [-0.2, -0.15) is 10.2 Å². The Labute approximate surface area is 209 Å². The van der Waals surface area contributed by atoms with Crippen LogP contribution in [0.3, 0.4) is 0 Å². The maximum absolute atomic E-state index is 6.52. The van der Waals surface area contributed by atoms with E-state index in [2.05, 4.69) is 31.2 Å². The Balaban J connectivity index is 1.30. The highest BCUT2D eigenvalue weighted by Crippen LogP contribution is 2.35. The van der Waals surface area contributed by atoms with Crippen LogP contribution in [0.15, 0.2) is 76.1 Å². The molecule has 1 N–H and O–H groups in total. The highest BCUT2D eigenvalue weighted by molar-refractivity contribution is 6.34. The number of ether oxygens (including phenoxy) is 1. The van der Waals surface area contributed by atoms with E-state index < -0.39 is 0 Å². The number of para-hydroxylation sites is 1. The lowest BCUT2D eigenvalue weighted by molar-refractivity contribution is 0.142. The van der Waals surface area contributed by atoms with Crippen molar-refractivity contribution in [2.45, 2.75) is 44.9 Å². The summed E-state index contributed by atoms with van der Waals surface area (Å²) in [7, 11) is 0. The van der Waals surface area contributed by atoms with Crippen LogP contribution in [0.1, 0.15) is 36.9 Å². The molecule has 0 atom stereocenters. The Bertz CT molecular complexity index is 1370. The number of nitrogens with zero attached hydrogens (tertiary/aromatic N) is 4. The number of nitrogens with one attached hydrogen (secondary N) is 1. The van der Waals surface area contributed by atoms with Crippen molar-refractivity contribution in [3.05, 3.63) is 87.8 Å². The second-order valence-electron chi connectivity index (χ2n) is 9.37. The number of halogens is 1. The van der Waals surface area contributed by atoms with Gasteiger partial charge in [-0.05, 0) is 62.1 Å². The molecule has 7 heteroatoms. The molecule has 0 bridgehead atoms. The molecule has 3 aromatic rings. The summed E-state index contributed by atoms with van der Waals surface area (Å²) in [5.74, 6) is 1.32. The predicted molar refractivity (Wildman–Crippen MR) is 139 cm³/mol. The monoisotopic (exact) mass is 485 g/mol. The van der Waals surface area contributed by atoms with Crippen molar-refractivity contribution >= 4 is 29.1 Å². The van der Waals surface area contributed by atoms with Crippen molar-refractivity contribution in [1.29, 1.82) is 0 Å². The van der Waals surface area contributed by atoms with E-state index in [0.717, 1.165) is 70.8 Å². The van der Waals surface area contributed by atoms with E-state index in [4.69, 9.17) is 16.3 Å². The van der Waals surface area contributed by atoms with Crippen LogP contribution in [0.25, 0.3) is 11.8 Å². The molecule has 6 nitrogen and oxygen atoms in total. The van der Waals surface area contributed by atoms with Gasteiger partial charge in [-0.1, -0.05) is 35.9 Å². The summed E-state index contributed by atoms with van der Waals surface area (Å²) in [5, 5.41) is 12.1. The Kier molecular flexibility index (Phi) is 6.13. The molecule has 0 amide bonds. The third kappa shape index (κ3) is 4.63. The third-order valence-corrected chi connectivity index (χ3v) is 7.32. The van der Waals surface area contributed by atoms with Gasteiger partial charge in [0.25, 0.3) is 0 Å². The number of rotatable bonds is 5. The zero-order valence-electron chi connectivity index (χ0n) is 19.5. The van der Waals surface area contributed by atoms with Crippen LogP contribution in [-0.2, 0) is 13.1 Å². The molecule has 35 heavy (non-hydrogen) atoms. The fourth-order valence-corrected chi connectivity index (χ4v) is 5.55. The van der Waals surface area contributed by atoms with Crippen molar-refractivity contribution < 1.29 is 4.74 Å². The van der Waals surface area contributed by atoms with Crippen molar-refractivity contribution in [1.82, 2.24) is 9.97 Å². The van der Waals surface area contributed by atoms with E-state index >= 15 is 0 Å². The summed E-state index contributed by atoms with van der Waals surface area (Å²) in [6.07, 6.45) is 10.3. The fraction of sp³-hybridized carbons (Fsp3) is 0.321. The van der Waals surface area contributed by atoms with Crippen LogP contribution in [0.4, 0.5) is 5.69 Å². The zero-order valence-corrected chi connectivity index (χ0v) is 20.3. The molecule has 2 aromatic heterocycles. The molecule has 0 unspecified atom stereocenters. The van der Waals surface area contributed by atoms with Gasteiger partial charge in [-0.15, -0.1) is 0 Å². The number of pyridine rings is 1. The number of aromatic amines is 1. The Morgan fingerprint density at radius 3 is 2.66 bits per heavy atom. The van der Waals surface area contributed by atoms with Gasteiger partial charge in [0, 0.05) is 29.3 Å². The van der Waals surface area contributed by atoms with Crippen molar-refractivity contribution in [3.63, 3.8) is 0 Å². The normalized spacial score (nSPS) is 21.5. The number of fused-ring (bicyclic) bond motifs is 3. The van der Waals surface area contributed by atoms with Gasteiger partial charge in [-0.3, -0.25) is 4.98 Å². The van der Waals surface area contributed by atoms with Crippen LogP contribution >= 0.6 is 11.6 Å². The number of aromatic nitrogens is 2. The van der Waals surface area contributed by atoms with Gasteiger partial charge in [0.05, 0.1) is 47.0 Å². The van der Waals surface area contributed by atoms with Crippen LogP contribution in [0.5, 0.6) is 5.75 Å². The zero-order chi connectivity index (χ0) is 23.6. The van der Waals surface area contributed by atoms with Gasteiger partial charge in [0.2, 0.25) is 0 Å². The lowest BCUT2D eigenvalue weighted by Crippen LogP contribution is -2.29. The minimum atomic E-state index is 0.251. The van der Waals surface area contributed by atoms with Crippen LogP contribution in [0, 0.1) is 5.92 Å². The highest BCUT2D eigenvalue weighted by Gasteiger charge is 2.29. The Hall–Kier alpha value is -3.38. The summed E-state index contributed by atoms with van der Waals surface area (Å²) < 4.78 is 6.21. The van der Waals surface area contributed by atoms with E-state index in [9.17, 15) is 0 Å². The molecular weight excluding hydrogens is 458 g/mol. The van der Waals surface area contributed by atoms with E-state index in [1.54, 1.807) is 0 Å². The lowest BCUT2D eigenvalue weighted by atomic mass is 9.84. The van der Waals surface area contributed by atoms with E-state index in [-0.39, 0.29) is 6.10 Å². The summed E-state index contributed by atoms with van der Waals surface area (Å²) in [6, 6.07) is 16.1. The molecule has 1 saturated carbocycles. The SMILES string of the molecule is ClC1=CCN(Cc2ccccn2)c2c3c([nH]c2=C1)=C(C1CCC(Oc2ccccc2)CC1)N=NC3. The van der Waals surface area contributed by atoms with Gasteiger partial charge in [0.1, 0.15) is 5.75 Å². The lowest BCUT2D eigenvalue weighted by Gasteiger charge is -2.29. The number of anilines is 1. The van der Waals surface area contributed by atoms with Gasteiger partial charge in [0.15, 0.2) is 0 Å². The third-order valence-electron chi connectivity index (χ3n) is 7.06. The molecule has 2 aliphatic heterocycles. The smallest absolute Gasteiger partial charge is 0.119 e. The first-order valence-corrected chi connectivity index (χ1v) is 12.7. The number of H-pyrrole nitrogens is 1. The van der Waals surface area contributed by atoms with Gasteiger partial charge in [-0.25, -0.2) is 0 Å². The van der Waals surface area contributed by atoms with Gasteiger partial charge < -0.3 is 14.6 Å². The molecule has 0 saturated heterocycles. The number of hydrogen-bond acceptors (Lipinski definition) is 5. The number of benzene rings is 1. The summed E-state index contributed by atoms with van der Waals surface area (Å²) in [6.45, 7) is 2.00. The summed E-state index contributed by atoms with van der Waals surface area (Å²) >= 11 is 6.52. The second-order valence-corrected chi connectivity index (χ2v) is 9.80. The number of hydrogen-bond donors (Lipinski definition) is 1. The first kappa shape index (κ1) is 22.1. The largest absolute Gasteiger partial charge is 0.490 e. The molecule has 6 rings (SSSR count). The highest BCUT2D eigenvalue weighted by atomic mass is 35.5. The molecule has 0 radical (unpaired) electrons. The van der Waals surface area contributed by atoms with Crippen molar-refractivity contribution in [2.75, 3.05) is 11.4 Å². The van der Waals surface area contributed by atoms with E-state index in [1.165, 1.54) is 5.56 Å². The predicted octanol–water partition coefficient (Wildman–Crippen LogP) is 5.04. The molecule has 1 aliphatic carbocycles. The Morgan fingerprint density at radius 1 is 1.03 bits per heavy atom. The minimum Gasteiger partial charge on any atom is -0.490 e. The average Bonchev–Trinajstić information content (AvgIpc) is 3.18. The maximum Gasteiger partial charge on any atom is 0.119 e. The van der Waals surface area contributed by atoms with Crippen LogP contribution < -0.4 is 20.3 Å². The second kappa shape index (κ2) is 9.70. The molecule has 0 spiro atoms. The molecular formula is C28H28ClN5O. The standard InChI is InChI=1S/C28H28ClN5O/c29-20-13-15-34(18-21-6-4-5-14-30-21)28-24-17-31-33-26(27(24)32-25(28)16-20)19-9-11-23(12-10-19)35-22-7-2-1-3-8-22/h1-8,13-14,16,19,23,32H,9-12,15,17-18H2. The first-order valence-electron chi connectivity index (χ1n) is 12.3. The topological polar surface area (TPSA) is 65.9 Å². The average molecular weight is 486 g/mol. The fourth-order valence-electron chi connectivity index (χ4n) is 5.37. The van der Waals surface area contributed by atoms with E-state index in [1.807, 2.05) is 60.8 Å². The molecule has 1 aromatic carbocycles. The van der Waals surface area contributed by atoms with Crippen molar-refractivity contribution in [3.8, 4) is 5.75 Å². The number of allylic oxidation sites excluding steroid dienone is 1. The number of azo groups is 1. The summed E-state index contributed by atoms with van der Waals surface area (Å²) in [4.78, 5) is 10.6. The molecule has 178 valence electrons. The van der Waals surface area contributed by atoms with Crippen LogP contribution in [0.2, 0.25) is 0 Å². The minimum absolute atomic E-state index is 0.251. The molecule has 4 heterocycles.